The summed E-state index contributed by atoms with van der Waals surface area (Å²) >= 11 is 0. The number of aromatic amines is 1. The number of carbonyl (C=O) groups is 1. The number of nitrogens with zero attached hydrogens (tertiary/aromatic N) is 3. The Morgan fingerprint density at radius 3 is 3.14 bits per heavy atom. The molecule has 0 radical (unpaired) electrons. The van der Waals surface area contributed by atoms with E-state index in [0.29, 0.717) is 31.9 Å². The Hall–Kier alpha value is -2.93. The number of para-hydroxylation sites is 1. The minimum Gasteiger partial charge on any atom is -0.376 e. The van der Waals surface area contributed by atoms with Gasteiger partial charge in [0.05, 0.1) is 37.1 Å². The van der Waals surface area contributed by atoms with Gasteiger partial charge in [-0.2, -0.15) is 5.10 Å². The van der Waals surface area contributed by atoms with Gasteiger partial charge in [0.1, 0.15) is 0 Å². The molecular weight excluding hydrogens is 356 g/mol. The largest absolute Gasteiger partial charge is 0.376 e. The average Bonchev–Trinajstić information content (AvgIpc) is 3.35. The van der Waals surface area contributed by atoms with Crippen molar-refractivity contribution >= 4 is 16.8 Å². The molecule has 1 N–H and O–H groups in total. The number of fused-ring (bicyclic) bond motifs is 2. The molecule has 1 amide bonds. The predicted molar refractivity (Wildman–Crippen MR) is 104 cm³/mol. The highest BCUT2D eigenvalue weighted by Gasteiger charge is 2.31. The molecule has 0 bridgehead atoms. The van der Waals surface area contributed by atoms with Gasteiger partial charge in [0.25, 0.3) is 11.5 Å². The third-order valence-corrected chi connectivity index (χ3v) is 5.75. The molecule has 0 spiro atoms. The topological polar surface area (TPSA) is 80.2 Å². The van der Waals surface area contributed by atoms with Crippen LogP contribution in [0.1, 0.15) is 34.5 Å². The van der Waals surface area contributed by atoms with Crippen molar-refractivity contribution in [3.05, 3.63) is 63.7 Å². The fraction of sp³-hybridized carbons (Fsp3) is 0.381. The van der Waals surface area contributed by atoms with Crippen LogP contribution in [0, 0.1) is 0 Å². The van der Waals surface area contributed by atoms with E-state index < -0.39 is 0 Å². The molecule has 1 unspecified atom stereocenters. The quantitative estimate of drug-likeness (QED) is 0.757. The molecule has 2 aliphatic heterocycles. The van der Waals surface area contributed by atoms with Gasteiger partial charge in [-0.05, 0) is 18.9 Å². The second-order valence-electron chi connectivity index (χ2n) is 7.48. The summed E-state index contributed by atoms with van der Waals surface area (Å²) in [6.45, 7) is 2.22. The van der Waals surface area contributed by atoms with Crippen LogP contribution in [0.2, 0.25) is 0 Å². The molecule has 3 aromatic rings. The number of H-pyrrole nitrogens is 1. The van der Waals surface area contributed by atoms with Gasteiger partial charge in [-0.25, -0.2) is 4.68 Å². The maximum absolute atomic E-state index is 13.2. The van der Waals surface area contributed by atoms with Crippen molar-refractivity contribution in [1.82, 2.24) is 19.7 Å². The number of carbonyl (C=O) groups excluding carboxylic acids is 1. The molecule has 4 heterocycles. The number of ether oxygens (including phenoxy) is 1. The van der Waals surface area contributed by atoms with Crippen molar-refractivity contribution in [3.63, 3.8) is 0 Å². The molecular formula is C21H22N4O3. The summed E-state index contributed by atoms with van der Waals surface area (Å²) in [6, 6.07) is 9.42. The van der Waals surface area contributed by atoms with Gasteiger partial charge in [0, 0.05) is 41.7 Å². The maximum atomic E-state index is 13.2. The van der Waals surface area contributed by atoms with Gasteiger partial charge in [-0.1, -0.05) is 18.2 Å². The lowest BCUT2D eigenvalue weighted by Crippen LogP contribution is -2.41. The predicted octanol–water partition coefficient (Wildman–Crippen LogP) is 2.10. The van der Waals surface area contributed by atoms with Crippen LogP contribution in [0.3, 0.4) is 0 Å². The SMILES string of the molecule is O=C(c1c[nH]c2ccccc12)N1CCCC1Cn1nc2c(cc1=O)COCC2. The molecule has 7 nitrogen and oxygen atoms in total. The van der Waals surface area contributed by atoms with E-state index in [1.807, 2.05) is 29.2 Å². The molecule has 28 heavy (non-hydrogen) atoms. The number of rotatable bonds is 3. The van der Waals surface area contributed by atoms with Gasteiger partial charge >= 0.3 is 0 Å². The molecule has 1 atom stereocenters. The molecule has 1 fully saturated rings. The third-order valence-electron chi connectivity index (χ3n) is 5.75. The van der Waals surface area contributed by atoms with Crippen LogP contribution in [-0.2, 0) is 24.3 Å². The van der Waals surface area contributed by atoms with E-state index in [1.165, 1.54) is 4.68 Å². The first-order valence-electron chi connectivity index (χ1n) is 9.75. The standard InChI is InChI=1S/C21H22N4O3/c26-20-10-14-13-28-9-7-18(14)23-25(20)12-15-4-3-8-24(15)21(27)17-11-22-19-6-2-1-5-16(17)19/h1-2,5-6,10-11,15,22H,3-4,7-9,12-13H2. The van der Waals surface area contributed by atoms with Crippen LogP contribution < -0.4 is 5.56 Å². The lowest BCUT2D eigenvalue weighted by atomic mass is 10.1. The van der Waals surface area contributed by atoms with Crippen LogP contribution in [0.15, 0.2) is 41.3 Å². The molecule has 7 heteroatoms. The number of likely N-dealkylation sites (tertiary alicyclic amines) is 1. The molecule has 144 valence electrons. The summed E-state index contributed by atoms with van der Waals surface area (Å²) in [5.74, 6) is 0.0133. The normalized spacial score (nSPS) is 19.1. The van der Waals surface area contributed by atoms with Crippen molar-refractivity contribution < 1.29 is 9.53 Å². The van der Waals surface area contributed by atoms with E-state index >= 15 is 0 Å². The molecule has 0 aliphatic carbocycles. The monoisotopic (exact) mass is 378 g/mol. The Morgan fingerprint density at radius 1 is 1.32 bits per heavy atom. The van der Waals surface area contributed by atoms with Gasteiger partial charge < -0.3 is 14.6 Å². The zero-order chi connectivity index (χ0) is 19.1. The minimum absolute atomic E-state index is 0.0133. The minimum atomic E-state index is -0.129. The van der Waals surface area contributed by atoms with E-state index in [0.717, 1.165) is 41.4 Å². The van der Waals surface area contributed by atoms with Crippen LogP contribution in [0.4, 0.5) is 0 Å². The van der Waals surface area contributed by atoms with Gasteiger partial charge in [-0.3, -0.25) is 9.59 Å². The lowest BCUT2D eigenvalue weighted by Gasteiger charge is -2.25. The second kappa shape index (κ2) is 6.91. The smallest absolute Gasteiger partial charge is 0.267 e. The van der Waals surface area contributed by atoms with E-state index in [9.17, 15) is 9.59 Å². The number of hydrogen-bond donors (Lipinski definition) is 1. The molecule has 2 aliphatic rings. The summed E-state index contributed by atoms with van der Waals surface area (Å²) < 4.78 is 6.93. The summed E-state index contributed by atoms with van der Waals surface area (Å²) in [6.07, 6.45) is 4.32. The van der Waals surface area contributed by atoms with E-state index in [-0.39, 0.29) is 17.5 Å². The van der Waals surface area contributed by atoms with Crippen LogP contribution >= 0.6 is 0 Å². The number of benzene rings is 1. The van der Waals surface area contributed by atoms with Gasteiger partial charge in [0.2, 0.25) is 0 Å². The molecule has 0 saturated carbocycles. The highest BCUT2D eigenvalue weighted by molar-refractivity contribution is 6.06. The average molecular weight is 378 g/mol. The van der Waals surface area contributed by atoms with E-state index in [1.54, 1.807) is 12.3 Å². The summed E-state index contributed by atoms with van der Waals surface area (Å²) in [5, 5.41) is 5.50. The number of hydrogen-bond acceptors (Lipinski definition) is 4. The highest BCUT2D eigenvalue weighted by Crippen LogP contribution is 2.25. The first-order chi connectivity index (χ1) is 13.7. The highest BCUT2D eigenvalue weighted by atomic mass is 16.5. The third kappa shape index (κ3) is 2.92. The zero-order valence-electron chi connectivity index (χ0n) is 15.6. The van der Waals surface area contributed by atoms with Crippen molar-refractivity contribution in [2.24, 2.45) is 0 Å². The van der Waals surface area contributed by atoms with Crippen molar-refractivity contribution in [3.8, 4) is 0 Å². The Bertz CT molecular complexity index is 1100. The van der Waals surface area contributed by atoms with Crippen molar-refractivity contribution in [1.29, 1.82) is 0 Å². The van der Waals surface area contributed by atoms with Crippen LogP contribution in [-0.4, -0.2) is 44.8 Å². The van der Waals surface area contributed by atoms with E-state index in [4.69, 9.17) is 4.74 Å². The molecule has 1 saturated heterocycles. The molecule has 5 rings (SSSR count). The Morgan fingerprint density at radius 2 is 2.21 bits per heavy atom. The number of nitrogens with one attached hydrogen (secondary N) is 1. The fourth-order valence-electron chi connectivity index (χ4n) is 4.28. The van der Waals surface area contributed by atoms with Crippen LogP contribution in [0.25, 0.3) is 10.9 Å². The van der Waals surface area contributed by atoms with Crippen molar-refractivity contribution in [2.45, 2.75) is 38.5 Å². The fourth-order valence-corrected chi connectivity index (χ4v) is 4.28. The first kappa shape index (κ1) is 17.2. The Kier molecular flexibility index (Phi) is 4.24. The zero-order valence-corrected chi connectivity index (χ0v) is 15.6. The molecule has 1 aromatic carbocycles. The number of aromatic nitrogens is 3. The van der Waals surface area contributed by atoms with E-state index in [2.05, 4.69) is 10.1 Å². The molecule has 2 aromatic heterocycles. The summed E-state index contributed by atoms with van der Waals surface area (Å²) in [5.41, 5.74) is 3.32. The number of amides is 1. The Labute approximate surface area is 161 Å². The lowest BCUT2D eigenvalue weighted by molar-refractivity contribution is 0.0721. The van der Waals surface area contributed by atoms with Gasteiger partial charge in [-0.15, -0.1) is 0 Å². The second-order valence-corrected chi connectivity index (χ2v) is 7.48. The van der Waals surface area contributed by atoms with Crippen molar-refractivity contribution in [2.75, 3.05) is 13.2 Å². The summed E-state index contributed by atoms with van der Waals surface area (Å²) in [7, 11) is 0. The van der Waals surface area contributed by atoms with Crippen LogP contribution in [0.5, 0.6) is 0 Å². The first-order valence-corrected chi connectivity index (χ1v) is 9.75. The Balaban J connectivity index is 1.42. The maximum Gasteiger partial charge on any atom is 0.267 e. The van der Waals surface area contributed by atoms with Gasteiger partial charge in [0.15, 0.2) is 0 Å². The summed E-state index contributed by atoms with van der Waals surface area (Å²) in [4.78, 5) is 30.8.